The molecular formula is C18H25FN2O3. The lowest BCUT2D eigenvalue weighted by Gasteiger charge is -2.33. The molecule has 0 spiro atoms. The number of carbonyl (C=O) groups is 2. The summed E-state index contributed by atoms with van der Waals surface area (Å²) in [5.74, 6) is -1.10. The van der Waals surface area contributed by atoms with Gasteiger partial charge >= 0.3 is 6.09 Å². The average Bonchev–Trinajstić information content (AvgIpc) is 2.48. The molecule has 1 heterocycles. The van der Waals surface area contributed by atoms with Crippen molar-refractivity contribution in [2.75, 3.05) is 18.4 Å². The van der Waals surface area contributed by atoms with E-state index in [1.165, 1.54) is 6.07 Å². The van der Waals surface area contributed by atoms with Gasteiger partial charge in [0.2, 0.25) is 5.91 Å². The highest BCUT2D eigenvalue weighted by Crippen LogP contribution is 2.22. The molecule has 0 aromatic heterocycles. The van der Waals surface area contributed by atoms with Gasteiger partial charge in [-0.2, -0.15) is 0 Å². The van der Waals surface area contributed by atoms with Crippen molar-refractivity contribution in [1.82, 2.24) is 4.90 Å². The summed E-state index contributed by atoms with van der Waals surface area (Å²) in [6.45, 7) is 8.05. The second kappa shape index (κ2) is 7.20. The highest BCUT2D eigenvalue weighted by Gasteiger charge is 2.31. The predicted octanol–water partition coefficient (Wildman–Crippen LogP) is 3.72. The van der Waals surface area contributed by atoms with Crippen molar-refractivity contribution in [2.24, 2.45) is 5.92 Å². The molecular weight excluding hydrogens is 311 g/mol. The summed E-state index contributed by atoms with van der Waals surface area (Å²) in [7, 11) is 0. The molecule has 1 aliphatic heterocycles. The number of anilines is 1. The van der Waals surface area contributed by atoms with E-state index in [1.54, 1.807) is 44.7 Å². The van der Waals surface area contributed by atoms with Crippen LogP contribution in [0.3, 0.4) is 0 Å². The van der Waals surface area contributed by atoms with Crippen molar-refractivity contribution < 1.29 is 18.7 Å². The van der Waals surface area contributed by atoms with E-state index in [1.807, 2.05) is 0 Å². The summed E-state index contributed by atoms with van der Waals surface area (Å²) in [6, 6.07) is 4.67. The maximum Gasteiger partial charge on any atom is 0.410 e. The van der Waals surface area contributed by atoms with Crippen molar-refractivity contribution in [3.05, 3.63) is 29.6 Å². The monoisotopic (exact) mass is 336 g/mol. The zero-order valence-corrected chi connectivity index (χ0v) is 14.7. The van der Waals surface area contributed by atoms with Gasteiger partial charge in [-0.15, -0.1) is 0 Å². The Bertz CT molecular complexity index is 625. The fourth-order valence-corrected chi connectivity index (χ4v) is 2.64. The number of ether oxygens (including phenoxy) is 1. The van der Waals surface area contributed by atoms with E-state index in [-0.39, 0.29) is 24.1 Å². The van der Waals surface area contributed by atoms with Crippen LogP contribution in [-0.4, -0.2) is 35.6 Å². The number of nitrogens with zero attached hydrogens (tertiary/aromatic N) is 1. The van der Waals surface area contributed by atoms with Crippen molar-refractivity contribution in [3.8, 4) is 0 Å². The van der Waals surface area contributed by atoms with Gasteiger partial charge in [0.25, 0.3) is 0 Å². The molecule has 1 fully saturated rings. The van der Waals surface area contributed by atoms with Crippen molar-refractivity contribution >= 4 is 17.7 Å². The van der Waals surface area contributed by atoms with Crippen LogP contribution in [-0.2, 0) is 9.53 Å². The van der Waals surface area contributed by atoms with Gasteiger partial charge in [-0.25, -0.2) is 9.18 Å². The molecule has 1 aromatic rings. The molecule has 2 amide bonds. The Labute approximate surface area is 142 Å². The van der Waals surface area contributed by atoms with Gasteiger partial charge in [0.05, 0.1) is 11.6 Å². The summed E-state index contributed by atoms with van der Waals surface area (Å²) in [5, 5.41) is 2.62. The molecule has 1 N–H and O–H groups in total. The molecule has 0 aliphatic carbocycles. The molecule has 1 aromatic carbocycles. The molecule has 0 unspecified atom stereocenters. The van der Waals surface area contributed by atoms with Gasteiger partial charge in [-0.1, -0.05) is 6.07 Å². The number of hydrogen-bond donors (Lipinski definition) is 1. The minimum atomic E-state index is -0.572. The highest BCUT2D eigenvalue weighted by molar-refractivity contribution is 5.93. The lowest BCUT2D eigenvalue weighted by molar-refractivity contribution is -0.121. The third kappa shape index (κ3) is 4.94. The van der Waals surface area contributed by atoms with E-state index >= 15 is 0 Å². The summed E-state index contributed by atoms with van der Waals surface area (Å²) < 4.78 is 19.2. The zero-order valence-electron chi connectivity index (χ0n) is 14.7. The summed E-state index contributed by atoms with van der Waals surface area (Å²) in [5.41, 5.74) is 0.386. The molecule has 132 valence electrons. The molecule has 1 atom stereocenters. The van der Waals surface area contributed by atoms with Crippen LogP contribution in [0.2, 0.25) is 0 Å². The maximum atomic E-state index is 13.9. The van der Waals surface area contributed by atoms with Gasteiger partial charge in [0.15, 0.2) is 0 Å². The normalized spacial score (nSPS) is 18.2. The SMILES string of the molecule is Cc1ccc(NC(=O)[C@@H]2CCCN(C(=O)OC(C)(C)C)C2)c(F)c1. The number of aryl methyl sites for hydroxylation is 1. The average molecular weight is 336 g/mol. The summed E-state index contributed by atoms with van der Waals surface area (Å²) in [4.78, 5) is 26.1. The predicted molar refractivity (Wildman–Crippen MR) is 90.3 cm³/mol. The quantitative estimate of drug-likeness (QED) is 0.895. The molecule has 5 nitrogen and oxygen atoms in total. The van der Waals surface area contributed by atoms with Crippen molar-refractivity contribution in [1.29, 1.82) is 0 Å². The molecule has 0 bridgehead atoms. The lowest BCUT2D eigenvalue weighted by atomic mass is 9.97. The number of piperidine rings is 1. The third-order valence-corrected chi connectivity index (χ3v) is 3.83. The Hall–Kier alpha value is -2.11. The van der Waals surface area contributed by atoms with Crippen LogP contribution >= 0.6 is 0 Å². The molecule has 1 aliphatic rings. The zero-order chi connectivity index (χ0) is 17.9. The maximum absolute atomic E-state index is 13.9. The lowest BCUT2D eigenvalue weighted by Crippen LogP contribution is -2.45. The highest BCUT2D eigenvalue weighted by atomic mass is 19.1. The molecule has 2 rings (SSSR count). The molecule has 24 heavy (non-hydrogen) atoms. The second-order valence-corrected chi connectivity index (χ2v) is 7.24. The van der Waals surface area contributed by atoms with Crippen LogP contribution in [0.5, 0.6) is 0 Å². The summed E-state index contributed by atoms with van der Waals surface area (Å²) >= 11 is 0. The number of halogens is 1. The topological polar surface area (TPSA) is 58.6 Å². The second-order valence-electron chi connectivity index (χ2n) is 7.24. The number of likely N-dealkylation sites (tertiary alicyclic amines) is 1. The Kier molecular flexibility index (Phi) is 5.47. The first kappa shape index (κ1) is 18.2. The number of nitrogens with one attached hydrogen (secondary N) is 1. The standard InChI is InChI=1S/C18H25FN2O3/c1-12-7-8-15(14(19)10-12)20-16(22)13-6-5-9-21(11-13)17(23)24-18(2,3)4/h7-8,10,13H,5-6,9,11H2,1-4H3,(H,20,22)/t13-/m1/s1. The minimum Gasteiger partial charge on any atom is -0.444 e. The Morgan fingerprint density at radius 3 is 2.67 bits per heavy atom. The van der Waals surface area contributed by atoms with Gasteiger partial charge in [0, 0.05) is 13.1 Å². The van der Waals surface area contributed by atoms with Crippen LogP contribution in [0, 0.1) is 18.7 Å². The van der Waals surface area contributed by atoms with Crippen molar-refractivity contribution in [2.45, 2.75) is 46.1 Å². The van der Waals surface area contributed by atoms with Crippen LogP contribution < -0.4 is 5.32 Å². The molecule has 0 radical (unpaired) electrons. The first-order chi connectivity index (χ1) is 11.2. The van der Waals surface area contributed by atoms with E-state index in [9.17, 15) is 14.0 Å². The minimum absolute atomic E-state index is 0.167. The van der Waals surface area contributed by atoms with Crippen LogP contribution in [0.1, 0.15) is 39.2 Å². The van der Waals surface area contributed by atoms with Crippen LogP contribution in [0.25, 0.3) is 0 Å². The number of benzene rings is 1. The van der Waals surface area contributed by atoms with E-state index in [0.29, 0.717) is 19.4 Å². The van der Waals surface area contributed by atoms with Crippen LogP contribution in [0.4, 0.5) is 14.9 Å². The van der Waals surface area contributed by atoms with Crippen molar-refractivity contribution in [3.63, 3.8) is 0 Å². The largest absolute Gasteiger partial charge is 0.444 e. The van der Waals surface area contributed by atoms with Gasteiger partial charge in [-0.3, -0.25) is 4.79 Å². The van der Waals surface area contributed by atoms with Crippen LogP contribution in [0.15, 0.2) is 18.2 Å². The Morgan fingerprint density at radius 2 is 2.04 bits per heavy atom. The Morgan fingerprint density at radius 1 is 1.33 bits per heavy atom. The number of hydrogen-bond acceptors (Lipinski definition) is 3. The van der Waals surface area contributed by atoms with Gasteiger partial charge < -0.3 is 15.0 Å². The Balaban J connectivity index is 1.98. The fourth-order valence-electron chi connectivity index (χ4n) is 2.64. The van der Waals surface area contributed by atoms with E-state index in [2.05, 4.69) is 5.32 Å². The van der Waals surface area contributed by atoms with E-state index in [4.69, 9.17) is 4.74 Å². The number of carbonyl (C=O) groups excluding carboxylic acids is 2. The summed E-state index contributed by atoms with van der Waals surface area (Å²) in [6.07, 6.45) is 0.966. The molecule has 0 saturated carbocycles. The first-order valence-corrected chi connectivity index (χ1v) is 8.20. The molecule has 6 heteroatoms. The first-order valence-electron chi connectivity index (χ1n) is 8.20. The van der Waals surface area contributed by atoms with E-state index in [0.717, 1.165) is 5.56 Å². The fraction of sp³-hybridized carbons (Fsp3) is 0.556. The van der Waals surface area contributed by atoms with Gasteiger partial charge in [-0.05, 0) is 58.2 Å². The smallest absolute Gasteiger partial charge is 0.410 e. The number of amides is 2. The molecule has 1 saturated heterocycles. The van der Waals surface area contributed by atoms with E-state index < -0.39 is 17.5 Å². The van der Waals surface area contributed by atoms with Gasteiger partial charge in [0.1, 0.15) is 11.4 Å². The third-order valence-electron chi connectivity index (χ3n) is 3.83. The number of rotatable bonds is 2.